The molecule has 0 saturated carbocycles. The van der Waals surface area contributed by atoms with Crippen LogP contribution in [0.1, 0.15) is 41.4 Å². The van der Waals surface area contributed by atoms with Crippen LogP contribution < -0.4 is 10.1 Å². The maximum atomic E-state index is 14.9. The number of pyridine rings is 1. The zero-order chi connectivity index (χ0) is 23.1. The number of fused-ring (bicyclic) bond motifs is 2. The van der Waals surface area contributed by atoms with Gasteiger partial charge in [-0.15, -0.1) is 0 Å². The van der Waals surface area contributed by atoms with E-state index in [-0.39, 0.29) is 17.7 Å². The minimum atomic E-state index is -0.458. The normalized spacial score (nSPS) is 13.9. The fraction of sp³-hybridized carbons (Fsp3) is 0.240. The SMILES string of the molecule is CCN1Cc2c(ccnc2NC(C)c2ccc(Oc3ccc4c(c3)ncn4C)c(F)c2)C1=O. The number of halogens is 1. The predicted octanol–water partition coefficient (Wildman–Crippen LogP) is 5.05. The van der Waals surface area contributed by atoms with E-state index in [1.807, 2.05) is 37.6 Å². The highest BCUT2D eigenvalue weighted by molar-refractivity contribution is 5.99. The summed E-state index contributed by atoms with van der Waals surface area (Å²) in [6, 6.07) is 11.9. The molecule has 168 valence electrons. The highest BCUT2D eigenvalue weighted by atomic mass is 19.1. The van der Waals surface area contributed by atoms with E-state index in [4.69, 9.17) is 4.74 Å². The number of carbonyl (C=O) groups is 1. The van der Waals surface area contributed by atoms with Gasteiger partial charge in [0.1, 0.15) is 11.6 Å². The van der Waals surface area contributed by atoms with Crippen molar-refractivity contribution in [3.63, 3.8) is 0 Å². The van der Waals surface area contributed by atoms with Crippen molar-refractivity contribution in [2.45, 2.75) is 26.4 Å². The number of hydrogen-bond acceptors (Lipinski definition) is 5. The summed E-state index contributed by atoms with van der Waals surface area (Å²) in [4.78, 5) is 23.0. The van der Waals surface area contributed by atoms with Gasteiger partial charge in [0.2, 0.25) is 0 Å². The van der Waals surface area contributed by atoms with Gasteiger partial charge < -0.3 is 19.5 Å². The Morgan fingerprint density at radius 1 is 1.18 bits per heavy atom. The van der Waals surface area contributed by atoms with E-state index >= 15 is 0 Å². The Morgan fingerprint density at radius 3 is 2.82 bits per heavy atom. The Kier molecular flexibility index (Phi) is 5.20. The molecular weight excluding hydrogens is 421 g/mol. The summed E-state index contributed by atoms with van der Waals surface area (Å²) in [6.07, 6.45) is 3.35. The molecule has 2 aromatic heterocycles. The van der Waals surface area contributed by atoms with Crippen molar-refractivity contribution in [1.82, 2.24) is 19.4 Å². The first-order valence-electron chi connectivity index (χ1n) is 10.9. The summed E-state index contributed by atoms with van der Waals surface area (Å²) in [7, 11) is 1.92. The van der Waals surface area contributed by atoms with Gasteiger partial charge in [0.15, 0.2) is 11.6 Å². The number of amides is 1. The van der Waals surface area contributed by atoms with Crippen LogP contribution in [0.15, 0.2) is 55.0 Å². The molecule has 1 aliphatic rings. The summed E-state index contributed by atoms with van der Waals surface area (Å²) in [5, 5.41) is 3.33. The second kappa shape index (κ2) is 8.20. The van der Waals surface area contributed by atoms with E-state index in [1.54, 1.807) is 41.7 Å². The molecule has 3 heterocycles. The lowest BCUT2D eigenvalue weighted by Gasteiger charge is -2.18. The first-order valence-corrected chi connectivity index (χ1v) is 10.9. The topological polar surface area (TPSA) is 72.3 Å². The maximum Gasteiger partial charge on any atom is 0.254 e. The number of imidazole rings is 1. The number of rotatable bonds is 6. The van der Waals surface area contributed by atoms with E-state index < -0.39 is 5.82 Å². The molecule has 2 aromatic carbocycles. The van der Waals surface area contributed by atoms with Crippen molar-refractivity contribution in [2.75, 3.05) is 11.9 Å². The Bertz CT molecular complexity index is 1370. The van der Waals surface area contributed by atoms with Gasteiger partial charge in [-0.2, -0.15) is 0 Å². The van der Waals surface area contributed by atoms with Gasteiger partial charge in [-0.3, -0.25) is 4.79 Å². The van der Waals surface area contributed by atoms with E-state index in [9.17, 15) is 9.18 Å². The second-order valence-electron chi connectivity index (χ2n) is 8.17. The van der Waals surface area contributed by atoms with E-state index in [2.05, 4.69) is 15.3 Å². The molecule has 1 atom stereocenters. The third-order valence-corrected chi connectivity index (χ3v) is 6.04. The Balaban J connectivity index is 1.34. The maximum absolute atomic E-state index is 14.9. The van der Waals surface area contributed by atoms with Crippen molar-refractivity contribution in [3.05, 3.63) is 77.5 Å². The molecule has 0 radical (unpaired) electrons. The molecule has 1 amide bonds. The third kappa shape index (κ3) is 3.77. The average Bonchev–Trinajstić information content (AvgIpc) is 3.35. The molecule has 1 aliphatic heterocycles. The summed E-state index contributed by atoms with van der Waals surface area (Å²) in [5.41, 5.74) is 4.05. The molecule has 4 aromatic rings. The molecule has 0 spiro atoms. The number of nitrogens with zero attached hydrogens (tertiary/aromatic N) is 4. The molecule has 0 bridgehead atoms. The number of carbonyl (C=O) groups excluding carboxylic acids is 1. The van der Waals surface area contributed by atoms with Crippen molar-refractivity contribution >= 4 is 22.8 Å². The molecular formula is C25H24FN5O2. The van der Waals surface area contributed by atoms with E-state index in [0.717, 1.165) is 22.2 Å². The molecule has 0 fully saturated rings. The highest BCUT2D eigenvalue weighted by Crippen LogP contribution is 2.32. The molecule has 8 heteroatoms. The van der Waals surface area contributed by atoms with E-state index in [0.29, 0.717) is 30.2 Å². The van der Waals surface area contributed by atoms with Crippen molar-refractivity contribution < 1.29 is 13.9 Å². The van der Waals surface area contributed by atoms with Gasteiger partial charge in [-0.05, 0) is 49.7 Å². The van der Waals surface area contributed by atoms with Gasteiger partial charge in [0.25, 0.3) is 5.91 Å². The molecule has 0 aliphatic carbocycles. The van der Waals surface area contributed by atoms with Crippen molar-refractivity contribution in [3.8, 4) is 11.5 Å². The molecule has 5 rings (SSSR count). The lowest BCUT2D eigenvalue weighted by Crippen LogP contribution is -2.22. The summed E-state index contributed by atoms with van der Waals surface area (Å²) < 4.78 is 22.6. The first kappa shape index (κ1) is 20.9. The predicted molar refractivity (Wildman–Crippen MR) is 124 cm³/mol. The Labute approximate surface area is 190 Å². The largest absolute Gasteiger partial charge is 0.454 e. The number of aryl methyl sites for hydroxylation is 1. The van der Waals surface area contributed by atoms with Gasteiger partial charge in [-0.25, -0.2) is 14.4 Å². The smallest absolute Gasteiger partial charge is 0.254 e. The zero-order valence-electron chi connectivity index (χ0n) is 18.7. The number of nitrogens with one attached hydrogen (secondary N) is 1. The van der Waals surface area contributed by atoms with Gasteiger partial charge in [0.05, 0.1) is 29.9 Å². The quantitative estimate of drug-likeness (QED) is 0.450. The number of ether oxygens (including phenoxy) is 1. The first-order chi connectivity index (χ1) is 15.9. The summed E-state index contributed by atoms with van der Waals surface area (Å²) in [5.74, 6) is 0.869. The highest BCUT2D eigenvalue weighted by Gasteiger charge is 2.29. The molecule has 33 heavy (non-hydrogen) atoms. The number of benzene rings is 2. The fourth-order valence-electron chi connectivity index (χ4n) is 4.13. The molecule has 1 N–H and O–H groups in total. The zero-order valence-corrected chi connectivity index (χ0v) is 18.7. The summed E-state index contributed by atoms with van der Waals surface area (Å²) in [6.45, 7) is 5.05. The standard InChI is InChI=1S/C25H24FN5O2/c1-4-31-13-19-18(25(31)32)9-10-27-24(19)29-15(2)16-5-8-23(20(26)11-16)33-17-6-7-22-21(12-17)28-14-30(22)3/h5-12,14-15H,4,13H2,1-3H3,(H,27,29). The third-order valence-electron chi connectivity index (χ3n) is 6.04. The lowest BCUT2D eigenvalue weighted by molar-refractivity contribution is 0.0787. The van der Waals surface area contributed by atoms with Crippen LogP contribution in [0.4, 0.5) is 10.2 Å². The molecule has 0 saturated heterocycles. The van der Waals surface area contributed by atoms with Gasteiger partial charge in [0, 0.05) is 37.0 Å². The van der Waals surface area contributed by atoms with Crippen LogP contribution in [0.25, 0.3) is 11.0 Å². The van der Waals surface area contributed by atoms with Crippen LogP contribution in [-0.2, 0) is 13.6 Å². The van der Waals surface area contributed by atoms with Gasteiger partial charge in [-0.1, -0.05) is 6.07 Å². The fourth-order valence-corrected chi connectivity index (χ4v) is 4.13. The average molecular weight is 445 g/mol. The van der Waals surface area contributed by atoms with Crippen molar-refractivity contribution in [2.24, 2.45) is 7.05 Å². The minimum absolute atomic E-state index is 0.0158. The Morgan fingerprint density at radius 2 is 2.03 bits per heavy atom. The minimum Gasteiger partial charge on any atom is -0.454 e. The van der Waals surface area contributed by atoms with Crippen LogP contribution in [0, 0.1) is 5.82 Å². The van der Waals surface area contributed by atoms with Crippen molar-refractivity contribution in [1.29, 1.82) is 0 Å². The molecule has 7 nitrogen and oxygen atoms in total. The lowest BCUT2D eigenvalue weighted by atomic mass is 10.1. The molecule has 1 unspecified atom stereocenters. The van der Waals surface area contributed by atoms with Crippen LogP contribution in [0.5, 0.6) is 11.5 Å². The summed E-state index contributed by atoms with van der Waals surface area (Å²) >= 11 is 0. The van der Waals surface area contributed by atoms with Gasteiger partial charge >= 0.3 is 0 Å². The Hall–Kier alpha value is -3.94. The van der Waals surface area contributed by atoms with Crippen LogP contribution in [0.3, 0.4) is 0 Å². The van der Waals surface area contributed by atoms with Crippen LogP contribution in [-0.4, -0.2) is 31.9 Å². The van der Waals surface area contributed by atoms with E-state index in [1.165, 1.54) is 6.07 Å². The van der Waals surface area contributed by atoms with Crippen LogP contribution in [0.2, 0.25) is 0 Å². The number of aromatic nitrogens is 3. The van der Waals surface area contributed by atoms with Crippen LogP contribution >= 0.6 is 0 Å². The number of hydrogen-bond donors (Lipinski definition) is 1. The monoisotopic (exact) mass is 445 g/mol. The second-order valence-corrected chi connectivity index (χ2v) is 8.17. The number of anilines is 1.